The molecule has 0 radical (unpaired) electrons. The maximum absolute atomic E-state index is 12.4. The fourth-order valence-electron chi connectivity index (χ4n) is 2.71. The average molecular weight is 381 g/mol. The molecule has 0 saturated heterocycles. The van der Waals surface area contributed by atoms with E-state index in [2.05, 4.69) is 5.10 Å². The van der Waals surface area contributed by atoms with Crippen LogP contribution < -0.4 is 9.47 Å². The van der Waals surface area contributed by atoms with Crippen LogP contribution in [0.25, 0.3) is 6.08 Å². The lowest BCUT2D eigenvalue weighted by atomic mass is 10.1. The molecule has 9 nitrogen and oxygen atoms in total. The summed E-state index contributed by atoms with van der Waals surface area (Å²) in [5, 5.41) is 14.6. The van der Waals surface area contributed by atoms with Crippen molar-refractivity contribution in [2.24, 2.45) is 0 Å². The molecule has 0 N–H and O–H groups in total. The Bertz CT molecular complexity index is 1070. The molecule has 3 aromatic rings. The third kappa shape index (κ3) is 3.78. The Labute approximate surface area is 158 Å². The molecule has 3 heterocycles. The van der Waals surface area contributed by atoms with Gasteiger partial charge in [-0.1, -0.05) is 0 Å². The lowest BCUT2D eigenvalue weighted by Crippen LogP contribution is -2.15. The molecule has 142 valence electrons. The highest BCUT2D eigenvalue weighted by Gasteiger charge is 2.14. The normalized spacial score (nSPS) is 13.0. The van der Waals surface area contributed by atoms with E-state index < -0.39 is 4.92 Å². The van der Waals surface area contributed by atoms with Gasteiger partial charge in [0.25, 0.3) is 0 Å². The van der Waals surface area contributed by atoms with E-state index in [0.29, 0.717) is 41.8 Å². The van der Waals surface area contributed by atoms with Crippen molar-refractivity contribution >= 4 is 17.5 Å². The van der Waals surface area contributed by atoms with E-state index in [1.807, 2.05) is 0 Å². The lowest BCUT2D eigenvalue weighted by molar-refractivity contribution is -0.385. The maximum atomic E-state index is 12.4. The second-order valence-electron chi connectivity index (χ2n) is 6.01. The highest BCUT2D eigenvalue weighted by atomic mass is 16.6. The summed E-state index contributed by atoms with van der Waals surface area (Å²) in [4.78, 5) is 22.5. The molecule has 0 unspecified atom stereocenters. The molecule has 1 aliphatic rings. The zero-order valence-corrected chi connectivity index (χ0v) is 14.6. The third-order valence-corrected chi connectivity index (χ3v) is 4.06. The molecule has 1 aliphatic heterocycles. The standard InChI is InChI=1S/C19H15N3O6/c23-17(13-1-6-18-19(9-13)27-8-7-26-18)5-4-15-2-3-16(28-15)12-21-11-14(10-20-21)22(24)25/h1-6,9-11H,7-8,12H2/b5-4+. The largest absolute Gasteiger partial charge is 0.486 e. The van der Waals surface area contributed by atoms with Gasteiger partial charge in [0.2, 0.25) is 0 Å². The number of nitrogens with zero attached hydrogens (tertiary/aromatic N) is 3. The summed E-state index contributed by atoms with van der Waals surface area (Å²) in [6.07, 6.45) is 5.47. The first-order valence-corrected chi connectivity index (χ1v) is 8.46. The quantitative estimate of drug-likeness (QED) is 0.279. The van der Waals surface area contributed by atoms with E-state index in [-0.39, 0.29) is 18.0 Å². The molecule has 0 spiro atoms. The van der Waals surface area contributed by atoms with Crippen LogP contribution >= 0.6 is 0 Å². The lowest BCUT2D eigenvalue weighted by Gasteiger charge is -2.18. The smallest absolute Gasteiger partial charge is 0.307 e. The van der Waals surface area contributed by atoms with Crippen LogP contribution in [0.3, 0.4) is 0 Å². The Kier molecular flexibility index (Phi) is 4.63. The summed E-state index contributed by atoms with van der Waals surface area (Å²) >= 11 is 0. The molecule has 9 heteroatoms. The predicted molar refractivity (Wildman–Crippen MR) is 97.5 cm³/mol. The van der Waals surface area contributed by atoms with Crippen molar-refractivity contribution in [1.29, 1.82) is 0 Å². The third-order valence-electron chi connectivity index (χ3n) is 4.06. The number of carbonyl (C=O) groups is 1. The average Bonchev–Trinajstić information content (AvgIpc) is 3.35. The van der Waals surface area contributed by atoms with Crippen LogP contribution in [-0.4, -0.2) is 33.7 Å². The second kappa shape index (κ2) is 7.39. The first-order valence-electron chi connectivity index (χ1n) is 8.46. The number of furan rings is 1. The van der Waals surface area contributed by atoms with Gasteiger partial charge in [-0.2, -0.15) is 5.10 Å². The number of aromatic nitrogens is 2. The number of nitro groups is 1. The number of hydrogen-bond donors (Lipinski definition) is 0. The second-order valence-corrected chi connectivity index (χ2v) is 6.01. The van der Waals surface area contributed by atoms with E-state index in [9.17, 15) is 14.9 Å². The van der Waals surface area contributed by atoms with Crippen molar-refractivity contribution in [3.05, 3.63) is 76.0 Å². The first-order chi connectivity index (χ1) is 13.6. The molecule has 4 rings (SSSR count). The number of hydrogen-bond acceptors (Lipinski definition) is 7. The molecule has 0 atom stereocenters. The molecule has 0 amide bonds. The van der Waals surface area contributed by atoms with Gasteiger partial charge < -0.3 is 13.9 Å². The van der Waals surface area contributed by atoms with Gasteiger partial charge in [-0.15, -0.1) is 0 Å². The van der Waals surface area contributed by atoms with Crippen LogP contribution in [0.5, 0.6) is 11.5 Å². The van der Waals surface area contributed by atoms with Gasteiger partial charge in [0, 0.05) is 5.56 Å². The number of benzene rings is 1. The summed E-state index contributed by atoms with van der Waals surface area (Å²) in [6.45, 7) is 1.19. The molecular weight excluding hydrogens is 366 g/mol. The summed E-state index contributed by atoms with van der Waals surface area (Å²) in [5.41, 5.74) is 0.396. The highest BCUT2D eigenvalue weighted by molar-refractivity contribution is 6.07. The fraction of sp³-hybridized carbons (Fsp3) is 0.158. The van der Waals surface area contributed by atoms with Gasteiger partial charge in [-0.3, -0.25) is 19.6 Å². The van der Waals surface area contributed by atoms with Gasteiger partial charge in [0.05, 0.1) is 11.5 Å². The van der Waals surface area contributed by atoms with Crippen molar-refractivity contribution in [3.8, 4) is 11.5 Å². The van der Waals surface area contributed by atoms with E-state index in [4.69, 9.17) is 13.9 Å². The van der Waals surface area contributed by atoms with Crippen LogP contribution in [0.4, 0.5) is 5.69 Å². The van der Waals surface area contributed by atoms with Crippen molar-refractivity contribution in [3.63, 3.8) is 0 Å². The van der Waals surface area contributed by atoms with Crippen molar-refractivity contribution in [2.75, 3.05) is 13.2 Å². The molecular formula is C19H15N3O6. The number of ether oxygens (including phenoxy) is 2. The molecule has 0 bridgehead atoms. The van der Waals surface area contributed by atoms with Crippen LogP contribution in [0.15, 0.2) is 53.2 Å². The van der Waals surface area contributed by atoms with Gasteiger partial charge >= 0.3 is 5.69 Å². The molecule has 2 aromatic heterocycles. The topological polar surface area (TPSA) is 110 Å². The minimum Gasteiger partial charge on any atom is -0.486 e. The van der Waals surface area contributed by atoms with Gasteiger partial charge in [0.1, 0.15) is 37.1 Å². The van der Waals surface area contributed by atoms with E-state index in [1.165, 1.54) is 23.2 Å². The summed E-state index contributed by atoms with van der Waals surface area (Å²) < 4.78 is 18.0. The van der Waals surface area contributed by atoms with Crippen LogP contribution in [0.2, 0.25) is 0 Å². The zero-order valence-electron chi connectivity index (χ0n) is 14.6. The van der Waals surface area contributed by atoms with Crippen molar-refractivity contribution in [1.82, 2.24) is 9.78 Å². The van der Waals surface area contributed by atoms with E-state index >= 15 is 0 Å². The Morgan fingerprint density at radius 3 is 2.82 bits per heavy atom. The molecule has 1 aromatic carbocycles. The van der Waals surface area contributed by atoms with E-state index in [0.717, 1.165) is 0 Å². The van der Waals surface area contributed by atoms with Gasteiger partial charge in [0.15, 0.2) is 17.3 Å². The number of ketones is 1. The Morgan fingerprint density at radius 1 is 1.21 bits per heavy atom. The fourth-order valence-corrected chi connectivity index (χ4v) is 2.71. The summed E-state index contributed by atoms with van der Waals surface area (Å²) in [6, 6.07) is 8.48. The molecule has 0 fully saturated rings. The summed E-state index contributed by atoms with van der Waals surface area (Å²) in [5.74, 6) is 2.03. The van der Waals surface area contributed by atoms with Crippen LogP contribution in [-0.2, 0) is 6.54 Å². The van der Waals surface area contributed by atoms with E-state index in [1.54, 1.807) is 36.4 Å². The van der Waals surface area contributed by atoms with Gasteiger partial charge in [-0.05, 0) is 42.5 Å². The van der Waals surface area contributed by atoms with Crippen molar-refractivity contribution in [2.45, 2.75) is 6.54 Å². The number of carbonyl (C=O) groups excluding carboxylic acids is 1. The SMILES string of the molecule is O=C(/C=C/c1ccc(Cn2cc([N+](=O)[O-])cn2)o1)c1ccc2c(c1)OCCO2. The number of rotatable bonds is 6. The molecule has 0 saturated carbocycles. The maximum Gasteiger partial charge on any atom is 0.307 e. The minimum atomic E-state index is -0.511. The predicted octanol–water partition coefficient (Wildman–Crippen LogP) is 3.10. The molecule has 28 heavy (non-hydrogen) atoms. The Morgan fingerprint density at radius 2 is 2.04 bits per heavy atom. The number of fused-ring (bicyclic) bond motifs is 1. The van der Waals surface area contributed by atoms with Crippen LogP contribution in [0, 0.1) is 10.1 Å². The van der Waals surface area contributed by atoms with Crippen LogP contribution in [0.1, 0.15) is 21.9 Å². The Balaban J connectivity index is 1.42. The first kappa shape index (κ1) is 17.5. The monoisotopic (exact) mass is 381 g/mol. The zero-order chi connectivity index (χ0) is 19.5. The number of allylic oxidation sites excluding steroid dienone is 1. The Hall–Kier alpha value is -3.88. The summed E-state index contributed by atoms with van der Waals surface area (Å²) in [7, 11) is 0. The van der Waals surface area contributed by atoms with Crippen molar-refractivity contribution < 1.29 is 23.6 Å². The minimum absolute atomic E-state index is 0.0864. The highest BCUT2D eigenvalue weighted by Crippen LogP contribution is 2.31. The molecule has 0 aliphatic carbocycles. The van der Waals surface area contributed by atoms with Gasteiger partial charge in [-0.25, -0.2) is 0 Å².